The van der Waals surface area contributed by atoms with Crippen molar-refractivity contribution in [3.63, 3.8) is 0 Å². The van der Waals surface area contributed by atoms with Gasteiger partial charge in [-0.25, -0.2) is 13.2 Å². The number of hydrogen-bond donors (Lipinski definition) is 2. The van der Waals surface area contributed by atoms with Gasteiger partial charge in [-0.15, -0.1) is 0 Å². The lowest BCUT2D eigenvalue weighted by Crippen LogP contribution is -2.29. The van der Waals surface area contributed by atoms with E-state index in [0.29, 0.717) is 0 Å². The Balaban J connectivity index is 4.59. The summed E-state index contributed by atoms with van der Waals surface area (Å²) in [6.07, 6.45) is 0. The highest BCUT2D eigenvalue weighted by molar-refractivity contribution is 7.74. The van der Waals surface area contributed by atoms with Crippen molar-refractivity contribution in [2.24, 2.45) is 0 Å². The zero-order valence-corrected chi connectivity index (χ0v) is 4.77. The molecule has 4 nitrogen and oxygen atoms in total. The van der Waals surface area contributed by atoms with E-state index in [-0.39, 0.29) is 0 Å². The van der Waals surface area contributed by atoms with Gasteiger partial charge in [0.05, 0.1) is 0 Å². The minimum Gasteiger partial charge on any atom is -0.476 e. The summed E-state index contributed by atoms with van der Waals surface area (Å²) in [5, 5.41) is 2.85. The van der Waals surface area contributed by atoms with Gasteiger partial charge in [0.2, 0.25) is 10.7 Å². The first-order valence-electron chi connectivity index (χ1n) is 1.64. The molecule has 0 unspecified atom stereocenters. The number of hydrogen-bond acceptors (Lipinski definition) is 3. The van der Waals surface area contributed by atoms with Crippen molar-refractivity contribution in [3.8, 4) is 0 Å². The molecule has 0 radical (unpaired) electrons. The number of carboxylic acid groups (broad SMARTS) is 1. The summed E-state index contributed by atoms with van der Waals surface area (Å²) in [6.45, 7) is 0. The molecule has 0 aromatic heterocycles. The van der Waals surface area contributed by atoms with Gasteiger partial charge in [-0.05, 0) is 0 Å². The van der Waals surface area contributed by atoms with Gasteiger partial charge in [0.25, 0.3) is 0 Å². The average molecular weight is 160 g/mol. The van der Waals surface area contributed by atoms with Crippen molar-refractivity contribution in [2.45, 2.75) is 5.25 Å². The van der Waals surface area contributed by atoms with Crippen LogP contribution in [0, 0.1) is 0 Å². The minimum absolute atomic E-state index is 2.65. The van der Waals surface area contributed by atoms with Gasteiger partial charge in [0.15, 0.2) is 0 Å². The van der Waals surface area contributed by atoms with E-state index in [1.54, 1.807) is 0 Å². The Labute approximate surface area is 50.0 Å². The Morgan fingerprint density at radius 2 is 1.78 bits per heavy atom. The molecule has 0 heterocycles. The molecular formula is C2H2F2O4S. The van der Waals surface area contributed by atoms with Crippen LogP contribution in [0.3, 0.4) is 0 Å². The Kier molecular flexibility index (Phi) is 2.08. The maximum atomic E-state index is 11.5. The van der Waals surface area contributed by atoms with Crippen molar-refractivity contribution in [1.82, 2.24) is 0 Å². The molecule has 0 spiro atoms. The van der Waals surface area contributed by atoms with Crippen LogP contribution in [0.5, 0.6) is 0 Å². The molecule has 54 valence electrons. The molecule has 1 N–H and O–H groups in total. The second kappa shape index (κ2) is 2.26. The Morgan fingerprint density at radius 3 is 1.78 bits per heavy atom. The summed E-state index contributed by atoms with van der Waals surface area (Å²) in [4.78, 5) is 9.33. The van der Waals surface area contributed by atoms with Gasteiger partial charge in [0.1, 0.15) is 0 Å². The Hall–Kier alpha value is -0.720. The zero-order chi connectivity index (χ0) is 7.65. The minimum atomic E-state index is -4.63. The number of alkyl halides is 2. The number of carboxylic acids is 1. The standard InChI is InChI=1S/C2H2F2O4S/c3-2(4,1(5)6)9(7)8/h9H,(H,5,6). The van der Waals surface area contributed by atoms with Gasteiger partial charge in [-0.1, -0.05) is 0 Å². The molecule has 0 aromatic carbocycles. The van der Waals surface area contributed by atoms with Gasteiger partial charge in [0, 0.05) is 0 Å². The van der Waals surface area contributed by atoms with E-state index in [0.717, 1.165) is 0 Å². The first kappa shape index (κ1) is 8.28. The lowest BCUT2D eigenvalue weighted by atomic mass is 10.7. The number of rotatable bonds is 2. The molecule has 0 saturated heterocycles. The summed E-state index contributed by atoms with van der Waals surface area (Å²) in [6, 6.07) is 0. The fourth-order valence-electron chi connectivity index (χ4n) is 0.0781. The second-order valence-corrected chi connectivity index (χ2v) is 2.18. The van der Waals surface area contributed by atoms with Gasteiger partial charge in [-0.2, -0.15) is 8.78 Å². The predicted octanol–water partition coefficient (Wildman–Crippen LogP) is -0.725. The molecule has 0 atom stereocenters. The third-order valence-corrected chi connectivity index (χ3v) is 1.14. The van der Waals surface area contributed by atoms with Crippen LogP contribution in [0.2, 0.25) is 0 Å². The zero-order valence-electron chi connectivity index (χ0n) is 3.88. The molecule has 0 fully saturated rings. The smallest absolute Gasteiger partial charge is 0.437 e. The van der Waals surface area contributed by atoms with Crippen molar-refractivity contribution in [2.75, 3.05) is 0 Å². The van der Waals surface area contributed by atoms with E-state index < -0.39 is 21.9 Å². The number of halogens is 2. The summed E-state index contributed by atoms with van der Waals surface area (Å²) in [7, 11) is -4.22. The lowest BCUT2D eigenvalue weighted by molar-refractivity contribution is -0.153. The van der Waals surface area contributed by atoms with Crippen LogP contribution in [0.1, 0.15) is 0 Å². The Bertz CT molecular complexity index is 187. The largest absolute Gasteiger partial charge is 0.476 e. The van der Waals surface area contributed by atoms with Crippen LogP contribution in [-0.4, -0.2) is 24.7 Å². The summed E-state index contributed by atoms with van der Waals surface area (Å²) in [5.74, 6) is -2.65. The highest BCUT2D eigenvalue weighted by Crippen LogP contribution is 2.12. The van der Waals surface area contributed by atoms with Crippen LogP contribution in [0.4, 0.5) is 8.78 Å². The molecule has 0 aromatic rings. The first-order chi connectivity index (χ1) is 3.89. The van der Waals surface area contributed by atoms with Crippen LogP contribution >= 0.6 is 0 Å². The fourth-order valence-corrected chi connectivity index (χ4v) is 0.234. The maximum absolute atomic E-state index is 11.5. The van der Waals surface area contributed by atoms with Gasteiger partial charge < -0.3 is 5.11 Å². The summed E-state index contributed by atoms with van der Waals surface area (Å²) < 4.78 is 41.7. The van der Waals surface area contributed by atoms with Crippen LogP contribution in [0.15, 0.2) is 0 Å². The second-order valence-electron chi connectivity index (χ2n) is 1.10. The van der Waals surface area contributed by atoms with E-state index in [1.165, 1.54) is 0 Å². The van der Waals surface area contributed by atoms with E-state index in [4.69, 9.17) is 5.11 Å². The van der Waals surface area contributed by atoms with Gasteiger partial charge in [-0.3, -0.25) is 0 Å². The van der Waals surface area contributed by atoms with Crippen molar-refractivity contribution < 1.29 is 27.1 Å². The quantitative estimate of drug-likeness (QED) is 0.522. The molecule has 9 heavy (non-hydrogen) atoms. The van der Waals surface area contributed by atoms with Crippen LogP contribution in [0.25, 0.3) is 0 Å². The lowest BCUT2D eigenvalue weighted by Gasteiger charge is -1.98. The predicted molar refractivity (Wildman–Crippen MR) is 22.9 cm³/mol. The van der Waals surface area contributed by atoms with Crippen LogP contribution < -0.4 is 0 Å². The van der Waals surface area contributed by atoms with Crippen molar-refractivity contribution >= 4 is 16.7 Å². The Morgan fingerprint density at radius 1 is 1.44 bits per heavy atom. The molecule has 0 aliphatic rings. The molecular weight excluding hydrogens is 158 g/mol. The molecule has 0 bridgehead atoms. The number of aliphatic carboxylic acids is 1. The highest BCUT2D eigenvalue weighted by atomic mass is 32.2. The van der Waals surface area contributed by atoms with Gasteiger partial charge >= 0.3 is 11.2 Å². The third-order valence-electron chi connectivity index (χ3n) is 0.487. The molecule has 7 heteroatoms. The van der Waals surface area contributed by atoms with E-state index >= 15 is 0 Å². The molecule has 0 saturated carbocycles. The fraction of sp³-hybridized carbons (Fsp3) is 0.500. The average Bonchev–Trinajstić information content (AvgIpc) is 1.65. The van der Waals surface area contributed by atoms with Crippen molar-refractivity contribution in [3.05, 3.63) is 0 Å². The highest BCUT2D eigenvalue weighted by Gasteiger charge is 2.42. The molecule has 0 amide bonds. The third kappa shape index (κ3) is 1.60. The molecule has 0 aliphatic heterocycles. The summed E-state index contributed by atoms with van der Waals surface area (Å²) >= 11 is 0. The SMILES string of the molecule is O=C(O)C(F)(F)[SH](=O)=O. The first-order valence-corrected chi connectivity index (χ1v) is 2.82. The van der Waals surface area contributed by atoms with E-state index in [9.17, 15) is 22.0 Å². The van der Waals surface area contributed by atoms with Crippen LogP contribution in [-0.2, 0) is 15.5 Å². The van der Waals surface area contributed by atoms with E-state index in [2.05, 4.69) is 0 Å². The number of thiol groups is 1. The van der Waals surface area contributed by atoms with Crippen molar-refractivity contribution in [1.29, 1.82) is 0 Å². The normalized spacial score (nSPS) is 11.9. The summed E-state index contributed by atoms with van der Waals surface area (Å²) in [5.41, 5.74) is 0. The topological polar surface area (TPSA) is 71.4 Å². The number of carbonyl (C=O) groups is 1. The monoisotopic (exact) mass is 160 g/mol. The maximum Gasteiger partial charge on any atom is 0.437 e. The molecule has 0 aliphatic carbocycles. The molecule has 0 rings (SSSR count). The van der Waals surface area contributed by atoms with E-state index in [1.807, 2.05) is 0 Å².